The normalized spacial score (nSPS) is 11.8. The van der Waals surface area contributed by atoms with Gasteiger partial charge < -0.3 is 21.5 Å². The van der Waals surface area contributed by atoms with Gasteiger partial charge in [-0.05, 0) is 59.2 Å². The number of fused-ring (bicyclic) bond motifs is 1. The number of nitrogens with two attached hydrogens (primary N) is 1. The Labute approximate surface area is 214 Å². The van der Waals surface area contributed by atoms with Gasteiger partial charge in [-0.3, -0.25) is 19.8 Å². The van der Waals surface area contributed by atoms with Crippen LogP contribution in [0.5, 0.6) is 0 Å². The molecular formula is C29H28N4O4. The quantitative estimate of drug-likeness (QED) is 0.111. The van der Waals surface area contributed by atoms with Crippen LogP contribution in [-0.4, -0.2) is 29.2 Å². The van der Waals surface area contributed by atoms with Gasteiger partial charge in [0.2, 0.25) is 11.8 Å². The smallest absolute Gasteiger partial charge is 0.290 e. The molecule has 6 N–H and O–H groups in total. The van der Waals surface area contributed by atoms with Crippen molar-refractivity contribution in [1.82, 2.24) is 5.32 Å². The monoisotopic (exact) mass is 496 g/mol. The van der Waals surface area contributed by atoms with E-state index in [4.69, 9.17) is 21.0 Å². The summed E-state index contributed by atoms with van der Waals surface area (Å²) in [5, 5.41) is 22.4. The number of anilines is 1. The minimum Gasteiger partial charge on any atom is -0.483 e. The summed E-state index contributed by atoms with van der Waals surface area (Å²) in [6, 6.07) is 29.4. The maximum absolute atomic E-state index is 13.3. The van der Waals surface area contributed by atoms with Gasteiger partial charge in [0, 0.05) is 11.3 Å². The molecule has 0 aliphatic rings. The number of amides is 2. The zero-order valence-corrected chi connectivity index (χ0v) is 20.2. The lowest BCUT2D eigenvalue weighted by Crippen LogP contribution is -2.37. The Morgan fingerprint density at radius 1 is 0.838 bits per heavy atom. The van der Waals surface area contributed by atoms with Gasteiger partial charge in [0.15, 0.2) is 0 Å². The van der Waals surface area contributed by atoms with E-state index in [9.17, 15) is 9.59 Å². The van der Waals surface area contributed by atoms with Crippen LogP contribution in [0.25, 0.3) is 10.8 Å². The minimum atomic E-state index is -1.03. The van der Waals surface area contributed by atoms with E-state index < -0.39 is 11.8 Å². The van der Waals surface area contributed by atoms with Crippen molar-refractivity contribution in [3.8, 4) is 0 Å². The summed E-state index contributed by atoms with van der Waals surface area (Å²) in [5.74, 6) is -1.91. The molecule has 8 nitrogen and oxygen atoms in total. The second-order valence-corrected chi connectivity index (χ2v) is 8.27. The van der Waals surface area contributed by atoms with Crippen molar-refractivity contribution in [1.29, 1.82) is 5.41 Å². The van der Waals surface area contributed by atoms with E-state index in [2.05, 4.69) is 16.7 Å². The first-order valence-corrected chi connectivity index (χ1v) is 11.5. The van der Waals surface area contributed by atoms with E-state index in [1.54, 1.807) is 48.5 Å². The fraction of sp³-hybridized carbons (Fsp3) is 0.103. The Balaban J connectivity index is 0.00000121. The molecule has 4 aromatic rings. The number of amidine groups is 1. The first kappa shape index (κ1) is 26.6. The molecule has 37 heavy (non-hydrogen) atoms. The van der Waals surface area contributed by atoms with Crippen LogP contribution in [-0.2, 0) is 14.4 Å². The maximum atomic E-state index is 13.3. The van der Waals surface area contributed by atoms with Crippen LogP contribution < -0.4 is 16.4 Å². The van der Waals surface area contributed by atoms with E-state index >= 15 is 0 Å². The van der Waals surface area contributed by atoms with E-state index in [0.29, 0.717) is 16.8 Å². The van der Waals surface area contributed by atoms with Gasteiger partial charge in [-0.2, -0.15) is 0 Å². The third-order valence-corrected chi connectivity index (χ3v) is 5.75. The number of benzene rings is 4. The van der Waals surface area contributed by atoms with Gasteiger partial charge >= 0.3 is 0 Å². The Morgan fingerprint density at radius 3 is 2.05 bits per heavy atom. The molecule has 0 aliphatic heterocycles. The van der Waals surface area contributed by atoms with Crippen LogP contribution in [0.1, 0.15) is 35.6 Å². The first-order chi connectivity index (χ1) is 17.8. The Morgan fingerprint density at radius 2 is 1.43 bits per heavy atom. The van der Waals surface area contributed by atoms with Gasteiger partial charge in [-0.25, -0.2) is 0 Å². The summed E-state index contributed by atoms with van der Waals surface area (Å²) in [4.78, 5) is 34.9. The number of hydrogen-bond donors (Lipinski definition) is 5. The second kappa shape index (κ2) is 12.6. The maximum Gasteiger partial charge on any atom is 0.290 e. The molecule has 4 rings (SSSR count). The van der Waals surface area contributed by atoms with Gasteiger partial charge in [-0.15, -0.1) is 0 Å². The summed E-state index contributed by atoms with van der Waals surface area (Å²) in [6.07, 6.45) is 0. The molecule has 0 bridgehead atoms. The molecule has 0 aliphatic carbocycles. The molecule has 0 unspecified atom stereocenters. The van der Waals surface area contributed by atoms with Crippen molar-refractivity contribution in [2.24, 2.45) is 5.73 Å². The number of carbonyl (C=O) groups excluding carboxylic acids is 2. The molecule has 0 aromatic heterocycles. The SMILES string of the molecule is C[C@H](NC(=O)[C@@H](C(=O)Nc1ccc(C(=N)N)cc1)c1ccccc1)c1ccc2ccccc2c1.O=CO. The first-order valence-electron chi connectivity index (χ1n) is 11.5. The molecule has 2 amide bonds. The molecule has 0 spiro atoms. The Kier molecular flexibility index (Phi) is 9.10. The van der Waals surface area contributed by atoms with Crippen LogP contribution in [0.15, 0.2) is 97.1 Å². The van der Waals surface area contributed by atoms with Gasteiger partial charge in [0.25, 0.3) is 6.47 Å². The second-order valence-electron chi connectivity index (χ2n) is 8.27. The predicted octanol–water partition coefficient (Wildman–Crippen LogP) is 4.42. The van der Waals surface area contributed by atoms with Crippen molar-refractivity contribution in [3.63, 3.8) is 0 Å². The zero-order valence-electron chi connectivity index (χ0n) is 20.2. The van der Waals surface area contributed by atoms with Gasteiger partial charge in [0.05, 0.1) is 6.04 Å². The highest BCUT2D eigenvalue weighted by Gasteiger charge is 2.29. The van der Waals surface area contributed by atoms with Crippen LogP contribution in [0.4, 0.5) is 5.69 Å². The predicted molar refractivity (Wildman–Crippen MR) is 144 cm³/mol. The molecule has 0 saturated carbocycles. The number of carbonyl (C=O) groups is 3. The zero-order chi connectivity index (χ0) is 26.8. The van der Waals surface area contributed by atoms with Crippen LogP contribution >= 0.6 is 0 Å². The summed E-state index contributed by atoms with van der Waals surface area (Å²) in [7, 11) is 0. The van der Waals surface area contributed by atoms with Crippen molar-refractivity contribution in [2.75, 3.05) is 5.32 Å². The Bertz CT molecular complexity index is 1390. The fourth-order valence-corrected chi connectivity index (χ4v) is 3.87. The number of nitrogens with one attached hydrogen (secondary N) is 3. The van der Waals surface area contributed by atoms with Crippen molar-refractivity contribution in [3.05, 3.63) is 114 Å². The number of hydrogen-bond acceptors (Lipinski definition) is 4. The average molecular weight is 497 g/mol. The standard InChI is InChI=1S/C28H26N4O2.CH2O2/c1-18(22-12-11-19-7-5-6-10-23(19)17-22)31-27(33)25(20-8-3-2-4-9-20)28(34)32-24-15-13-21(14-16-24)26(29)30;2-1-3/h2-18,25H,1H3,(H3,29,30)(H,31,33)(H,32,34);1H,(H,2,3)/t18-,25-;/m0./s1. The largest absolute Gasteiger partial charge is 0.483 e. The minimum absolute atomic E-state index is 0.0536. The number of nitrogen functional groups attached to an aromatic ring is 1. The third kappa shape index (κ3) is 7.02. The van der Waals surface area contributed by atoms with Crippen LogP contribution in [0.3, 0.4) is 0 Å². The number of carboxylic acid groups (broad SMARTS) is 1. The highest BCUT2D eigenvalue weighted by atomic mass is 16.3. The molecule has 2 atom stereocenters. The summed E-state index contributed by atoms with van der Waals surface area (Å²) in [6.45, 7) is 1.66. The van der Waals surface area contributed by atoms with Crippen molar-refractivity contribution < 1.29 is 19.5 Å². The Hall–Kier alpha value is -4.98. The lowest BCUT2D eigenvalue weighted by atomic mass is 9.95. The van der Waals surface area contributed by atoms with E-state index in [-0.39, 0.29) is 24.3 Å². The highest BCUT2D eigenvalue weighted by molar-refractivity contribution is 6.11. The molecule has 8 heteroatoms. The number of rotatable bonds is 7. The van der Waals surface area contributed by atoms with Crippen LogP contribution in [0, 0.1) is 5.41 Å². The van der Waals surface area contributed by atoms with E-state index in [1.165, 1.54) is 0 Å². The van der Waals surface area contributed by atoms with E-state index in [1.807, 2.05) is 49.4 Å². The molecule has 0 saturated heterocycles. The lowest BCUT2D eigenvalue weighted by Gasteiger charge is -2.21. The lowest BCUT2D eigenvalue weighted by molar-refractivity contribution is -0.129. The van der Waals surface area contributed by atoms with E-state index in [0.717, 1.165) is 16.3 Å². The average Bonchev–Trinajstić information content (AvgIpc) is 2.90. The molecule has 188 valence electrons. The molecular weight excluding hydrogens is 468 g/mol. The summed E-state index contributed by atoms with van der Waals surface area (Å²) >= 11 is 0. The third-order valence-electron chi connectivity index (χ3n) is 5.75. The summed E-state index contributed by atoms with van der Waals surface area (Å²) < 4.78 is 0. The molecule has 0 fully saturated rings. The van der Waals surface area contributed by atoms with Crippen LogP contribution in [0.2, 0.25) is 0 Å². The van der Waals surface area contributed by atoms with Gasteiger partial charge in [0.1, 0.15) is 11.8 Å². The topological polar surface area (TPSA) is 145 Å². The fourth-order valence-electron chi connectivity index (χ4n) is 3.87. The molecule has 0 heterocycles. The molecule has 4 aromatic carbocycles. The van der Waals surface area contributed by atoms with Crippen molar-refractivity contribution in [2.45, 2.75) is 18.9 Å². The summed E-state index contributed by atoms with van der Waals surface area (Å²) in [5.41, 5.74) is 8.13. The highest BCUT2D eigenvalue weighted by Crippen LogP contribution is 2.23. The van der Waals surface area contributed by atoms with Gasteiger partial charge in [-0.1, -0.05) is 66.7 Å². The van der Waals surface area contributed by atoms with Crippen molar-refractivity contribution >= 4 is 40.6 Å². The molecule has 0 radical (unpaired) electrons.